The fourth-order valence-electron chi connectivity index (χ4n) is 3.66. The van der Waals surface area contributed by atoms with Gasteiger partial charge in [-0.1, -0.05) is 26.2 Å². The zero-order chi connectivity index (χ0) is 14.7. The molecule has 116 valence electrons. The average Bonchev–Trinajstić information content (AvgIpc) is 3.06. The van der Waals surface area contributed by atoms with Crippen LogP contribution in [0.2, 0.25) is 0 Å². The van der Waals surface area contributed by atoms with Crippen LogP contribution in [0, 0.1) is 11.8 Å². The summed E-state index contributed by atoms with van der Waals surface area (Å²) in [6, 6.07) is 0. The number of anilines is 1. The highest BCUT2D eigenvalue weighted by Gasteiger charge is 2.27. The second-order valence-corrected chi connectivity index (χ2v) is 7.68. The summed E-state index contributed by atoms with van der Waals surface area (Å²) < 4.78 is 0. The van der Waals surface area contributed by atoms with E-state index in [0.717, 1.165) is 36.7 Å². The lowest BCUT2D eigenvalue weighted by Crippen LogP contribution is -2.27. The maximum Gasteiger partial charge on any atom is 0.229 e. The smallest absolute Gasteiger partial charge is 0.229 e. The molecule has 1 aromatic rings. The van der Waals surface area contributed by atoms with Crippen LogP contribution in [0.25, 0.3) is 0 Å². The minimum atomic E-state index is 0.205. The maximum absolute atomic E-state index is 12.4. The van der Waals surface area contributed by atoms with E-state index in [1.165, 1.54) is 49.1 Å². The second-order valence-electron chi connectivity index (χ2n) is 6.59. The number of aromatic nitrogens is 1. The van der Waals surface area contributed by atoms with Gasteiger partial charge in [-0.3, -0.25) is 4.79 Å². The van der Waals surface area contributed by atoms with Crippen molar-refractivity contribution in [3.05, 3.63) is 10.6 Å². The van der Waals surface area contributed by atoms with Gasteiger partial charge in [0.1, 0.15) is 0 Å². The number of nitrogens with zero attached hydrogens (tertiary/aromatic N) is 1. The normalized spacial score (nSPS) is 24.8. The predicted octanol–water partition coefficient (Wildman–Crippen LogP) is 4.57. The number of hydrogen-bond donors (Lipinski definition) is 1. The minimum Gasteiger partial charge on any atom is -0.302 e. The van der Waals surface area contributed by atoms with Gasteiger partial charge >= 0.3 is 0 Å². The summed E-state index contributed by atoms with van der Waals surface area (Å²) in [4.78, 5) is 18.3. The second kappa shape index (κ2) is 6.91. The first-order chi connectivity index (χ1) is 10.3. The van der Waals surface area contributed by atoms with E-state index in [1.54, 1.807) is 11.3 Å². The van der Waals surface area contributed by atoms with Crippen molar-refractivity contribution in [1.29, 1.82) is 0 Å². The molecule has 0 unspecified atom stereocenters. The van der Waals surface area contributed by atoms with Crippen LogP contribution in [-0.4, -0.2) is 10.9 Å². The number of carbonyl (C=O) groups is 1. The molecular weight excluding hydrogens is 280 g/mol. The van der Waals surface area contributed by atoms with E-state index in [9.17, 15) is 4.79 Å². The lowest BCUT2D eigenvalue weighted by atomic mass is 9.79. The van der Waals surface area contributed by atoms with Gasteiger partial charge in [-0.25, -0.2) is 4.98 Å². The summed E-state index contributed by atoms with van der Waals surface area (Å²) in [5.41, 5.74) is 1.22. The van der Waals surface area contributed by atoms with Gasteiger partial charge in [0, 0.05) is 10.8 Å². The van der Waals surface area contributed by atoms with Gasteiger partial charge in [0.15, 0.2) is 5.13 Å². The lowest BCUT2D eigenvalue weighted by molar-refractivity contribution is -0.121. The van der Waals surface area contributed by atoms with Crippen molar-refractivity contribution < 1.29 is 4.79 Å². The van der Waals surface area contributed by atoms with Gasteiger partial charge in [0.2, 0.25) is 5.91 Å². The molecule has 1 amide bonds. The summed E-state index contributed by atoms with van der Waals surface area (Å²) in [5, 5.41) is 3.90. The molecule has 0 bridgehead atoms. The molecule has 1 heterocycles. The van der Waals surface area contributed by atoms with Crippen LogP contribution in [0.3, 0.4) is 0 Å². The van der Waals surface area contributed by atoms with Crippen LogP contribution in [0.5, 0.6) is 0 Å². The summed E-state index contributed by atoms with van der Waals surface area (Å²) in [5.74, 6) is 1.27. The van der Waals surface area contributed by atoms with Gasteiger partial charge < -0.3 is 5.32 Å². The molecule has 1 N–H and O–H groups in total. The number of thiazole rings is 1. The maximum atomic E-state index is 12.4. The third-order valence-electron chi connectivity index (χ3n) is 5.01. The Morgan fingerprint density at radius 3 is 2.81 bits per heavy atom. The third kappa shape index (κ3) is 3.65. The Labute approximate surface area is 131 Å². The highest BCUT2D eigenvalue weighted by Crippen LogP contribution is 2.34. The van der Waals surface area contributed by atoms with E-state index in [4.69, 9.17) is 0 Å². The van der Waals surface area contributed by atoms with Crippen molar-refractivity contribution in [1.82, 2.24) is 4.98 Å². The number of carbonyl (C=O) groups excluding carboxylic acids is 1. The van der Waals surface area contributed by atoms with Gasteiger partial charge in [-0.05, 0) is 50.9 Å². The van der Waals surface area contributed by atoms with Gasteiger partial charge in [0.25, 0.3) is 0 Å². The van der Waals surface area contributed by atoms with E-state index in [2.05, 4.69) is 17.2 Å². The van der Waals surface area contributed by atoms with Crippen LogP contribution in [0.4, 0.5) is 5.13 Å². The summed E-state index contributed by atoms with van der Waals surface area (Å²) in [6.07, 6.45) is 12.0. The fourth-order valence-corrected chi connectivity index (χ4v) is 4.71. The molecule has 4 heteroatoms. The highest BCUT2D eigenvalue weighted by molar-refractivity contribution is 7.15. The molecule has 1 aromatic heterocycles. The topological polar surface area (TPSA) is 42.0 Å². The van der Waals surface area contributed by atoms with Crippen molar-refractivity contribution in [2.24, 2.45) is 11.8 Å². The number of rotatable bonds is 5. The molecule has 0 spiro atoms. The Bertz CT molecular complexity index is 467. The molecule has 2 aliphatic rings. The standard InChI is InChI=1S/C17H26N2OS/c1-2-3-5-12-8-10-13(11-9-12)16(20)19-17-18-14-6-4-7-15(14)21-17/h12-13H,2-11H2,1H3,(H,18,19,20). The van der Waals surface area contributed by atoms with Crippen molar-refractivity contribution in [2.45, 2.75) is 71.1 Å². The SMILES string of the molecule is CCCCC1CCC(C(=O)Nc2nc3c(s2)CCC3)CC1. The first-order valence-electron chi connectivity index (χ1n) is 8.55. The molecule has 2 aliphatic carbocycles. The number of hydrogen-bond acceptors (Lipinski definition) is 3. The van der Waals surface area contributed by atoms with Crippen molar-refractivity contribution in [2.75, 3.05) is 5.32 Å². The Balaban J connectivity index is 1.47. The van der Waals surface area contributed by atoms with Crippen LogP contribution in [0.1, 0.15) is 68.9 Å². The molecule has 0 atom stereocenters. The minimum absolute atomic E-state index is 0.205. The summed E-state index contributed by atoms with van der Waals surface area (Å²) >= 11 is 1.68. The zero-order valence-electron chi connectivity index (χ0n) is 13.0. The van der Waals surface area contributed by atoms with Gasteiger partial charge in [-0.2, -0.15) is 0 Å². The van der Waals surface area contributed by atoms with E-state index in [0.29, 0.717) is 0 Å². The zero-order valence-corrected chi connectivity index (χ0v) is 13.8. The average molecular weight is 306 g/mol. The Hall–Kier alpha value is -0.900. The number of fused-ring (bicyclic) bond motifs is 1. The Kier molecular flexibility index (Phi) is 4.94. The molecular formula is C17H26N2OS. The quantitative estimate of drug-likeness (QED) is 0.866. The van der Waals surface area contributed by atoms with Crippen LogP contribution in [0.15, 0.2) is 0 Å². The molecule has 21 heavy (non-hydrogen) atoms. The summed E-state index contributed by atoms with van der Waals surface area (Å²) in [7, 11) is 0. The van der Waals surface area contributed by atoms with Crippen LogP contribution < -0.4 is 5.32 Å². The number of unbranched alkanes of at least 4 members (excludes halogenated alkanes) is 1. The molecule has 3 rings (SSSR count). The van der Waals surface area contributed by atoms with Crippen LogP contribution >= 0.6 is 11.3 Å². The monoisotopic (exact) mass is 306 g/mol. The molecule has 3 nitrogen and oxygen atoms in total. The van der Waals surface area contributed by atoms with E-state index >= 15 is 0 Å². The molecule has 0 radical (unpaired) electrons. The van der Waals surface area contributed by atoms with Crippen molar-refractivity contribution in [3.63, 3.8) is 0 Å². The highest BCUT2D eigenvalue weighted by atomic mass is 32.1. The summed E-state index contributed by atoms with van der Waals surface area (Å²) in [6.45, 7) is 2.25. The first-order valence-corrected chi connectivity index (χ1v) is 9.37. The van der Waals surface area contributed by atoms with Crippen molar-refractivity contribution >= 4 is 22.4 Å². The third-order valence-corrected chi connectivity index (χ3v) is 6.08. The number of amides is 1. The lowest BCUT2D eigenvalue weighted by Gasteiger charge is -2.27. The van der Waals surface area contributed by atoms with Gasteiger partial charge in [-0.15, -0.1) is 11.3 Å². The van der Waals surface area contributed by atoms with E-state index < -0.39 is 0 Å². The first kappa shape index (κ1) is 15.0. The van der Waals surface area contributed by atoms with Gasteiger partial charge in [0.05, 0.1) is 5.69 Å². The largest absolute Gasteiger partial charge is 0.302 e. The fraction of sp³-hybridized carbons (Fsp3) is 0.765. The number of aryl methyl sites for hydroxylation is 2. The molecule has 1 saturated carbocycles. The number of nitrogens with one attached hydrogen (secondary N) is 1. The van der Waals surface area contributed by atoms with E-state index in [-0.39, 0.29) is 11.8 Å². The molecule has 0 aliphatic heterocycles. The van der Waals surface area contributed by atoms with E-state index in [1.807, 2.05) is 0 Å². The molecule has 0 aromatic carbocycles. The molecule has 0 saturated heterocycles. The predicted molar refractivity (Wildman–Crippen MR) is 87.7 cm³/mol. The Morgan fingerprint density at radius 1 is 1.29 bits per heavy atom. The molecule has 1 fully saturated rings. The van der Waals surface area contributed by atoms with Crippen molar-refractivity contribution in [3.8, 4) is 0 Å². The van der Waals surface area contributed by atoms with Crippen LogP contribution in [-0.2, 0) is 17.6 Å². The Morgan fingerprint density at radius 2 is 2.10 bits per heavy atom.